The summed E-state index contributed by atoms with van der Waals surface area (Å²) in [4.78, 5) is 11.9. The van der Waals surface area contributed by atoms with Crippen molar-refractivity contribution in [2.24, 2.45) is 0 Å². The van der Waals surface area contributed by atoms with Crippen LogP contribution in [0, 0.1) is 6.92 Å². The molecule has 0 atom stereocenters. The van der Waals surface area contributed by atoms with Crippen LogP contribution in [0.3, 0.4) is 0 Å². The molecule has 0 aromatic carbocycles. The van der Waals surface area contributed by atoms with E-state index in [1.807, 2.05) is 0 Å². The second kappa shape index (κ2) is 6.70. The van der Waals surface area contributed by atoms with Gasteiger partial charge in [0.15, 0.2) is 5.69 Å². The first kappa shape index (κ1) is 14.1. The minimum Gasteiger partial charge on any atom is -0.361 e. The molecular weight excluding hydrogens is 242 g/mol. The largest absolute Gasteiger partial charge is 0.361 e. The normalized spacial score (nSPS) is 23.3. The zero-order valence-electron chi connectivity index (χ0n) is 11.7. The summed E-state index contributed by atoms with van der Waals surface area (Å²) in [6, 6.07) is 2.55. The summed E-state index contributed by atoms with van der Waals surface area (Å²) in [7, 11) is 0. The van der Waals surface area contributed by atoms with Gasteiger partial charge in [-0.25, -0.2) is 0 Å². The Morgan fingerprint density at radius 1 is 1.37 bits per heavy atom. The average molecular weight is 265 g/mol. The van der Waals surface area contributed by atoms with E-state index in [1.54, 1.807) is 13.0 Å². The summed E-state index contributed by atoms with van der Waals surface area (Å²) < 4.78 is 4.92. The number of nitrogens with one attached hydrogen (secondary N) is 2. The summed E-state index contributed by atoms with van der Waals surface area (Å²) in [5.74, 6) is 0.541. The van der Waals surface area contributed by atoms with E-state index in [0.29, 0.717) is 17.5 Å². The average Bonchev–Trinajstić information content (AvgIpc) is 2.85. The first-order chi connectivity index (χ1) is 9.19. The molecule has 0 bridgehead atoms. The monoisotopic (exact) mass is 265 g/mol. The molecule has 1 heterocycles. The molecule has 19 heavy (non-hydrogen) atoms. The first-order valence-corrected chi connectivity index (χ1v) is 7.16. The van der Waals surface area contributed by atoms with Crippen molar-refractivity contribution in [1.29, 1.82) is 0 Å². The van der Waals surface area contributed by atoms with Crippen molar-refractivity contribution in [2.45, 2.75) is 58.0 Å². The third-order valence-corrected chi connectivity index (χ3v) is 3.61. The zero-order chi connectivity index (χ0) is 13.7. The van der Waals surface area contributed by atoms with E-state index < -0.39 is 0 Å². The van der Waals surface area contributed by atoms with Crippen LogP contribution in [0.1, 0.15) is 55.3 Å². The third kappa shape index (κ3) is 4.06. The van der Waals surface area contributed by atoms with Gasteiger partial charge >= 0.3 is 0 Å². The molecule has 1 aromatic rings. The van der Waals surface area contributed by atoms with Crippen LogP contribution in [-0.2, 0) is 0 Å². The molecule has 2 rings (SSSR count). The van der Waals surface area contributed by atoms with Crippen molar-refractivity contribution in [3.63, 3.8) is 0 Å². The van der Waals surface area contributed by atoms with Gasteiger partial charge in [-0.1, -0.05) is 12.1 Å². The second-order valence-corrected chi connectivity index (χ2v) is 5.30. The Balaban J connectivity index is 1.75. The summed E-state index contributed by atoms with van der Waals surface area (Å²) in [6.07, 6.45) is 5.49. The van der Waals surface area contributed by atoms with Crippen LogP contribution in [0.25, 0.3) is 0 Å². The second-order valence-electron chi connectivity index (χ2n) is 5.30. The fraction of sp³-hybridized carbons (Fsp3) is 0.714. The topological polar surface area (TPSA) is 67.2 Å². The smallest absolute Gasteiger partial charge is 0.273 e. The van der Waals surface area contributed by atoms with E-state index in [2.05, 4.69) is 22.7 Å². The molecule has 1 saturated carbocycles. The Hall–Kier alpha value is -1.36. The molecular formula is C14H23N3O2. The maximum absolute atomic E-state index is 11.9. The highest BCUT2D eigenvalue weighted by atomic mass is 16.5. The number of amides is 1. The van der Waals surface area contributed by atoms with E-state index in [1.165, 1.54) is 6.42 Å². The predicted molar refractivity (Wildman–Crippen MR) is 73.0 cm³/mol. The lowest BCUT2D eigenvalue weighted by Gasteiger charge is -2.29. The Bertz CT molecular complexity index is 409. The van der Waals surface area contributed by atoms with Crippen LogP contribution in [-0.4, -0.2) is 29.7 Å². The third-order valence-electron chi connectivity index (χ3n) is 3.61. The predicted octanol–water partition coefficient (Wildman–Crippen LogP) is 2.02. The van der Waals surface area contributed by atoms with Crippen molar-refractivity contribution >= 4 is 5.91 Å². The van der Waals surface area contributed by atoms with Crippen LogP contribution in [0.5, 0.6) is 0 Å². The van der Waals surface area contributed by atoms with Crippen LogP contribution >= 0.6 is 0 Å². The van der Waals surface area contributed by atoms with Gasteiger partial charge in [0.05, 0.1) is 0 Å². The van der Waals surface area contributed by atoms with Gasteiger partial charge in [-0.3, -0.25) is 4.79 Å². The van der Waals surface area contributed by atoms with Gasteiger partial charge in [0.25, 0.3) is 5.91 Å². The molecule has 1 amide bonds. The number of rotatable bonds is 5. The highest BCUT2D eigenvalue weighted by Gasteiger charge is 2.23. The number of carbonyl (C=O) groups excluding carboxylic acids is 1. The summed E-state index contributed by atoms with van der Waals surface area (Å²) in [6.45, 7) is 5.05. The molecule has 2 N–H and O–H groups in total. The molecule has 0 aliphatic heterocycles. The quantitative estimate of drug-likeness (QED) is 0.854. The van der Waals surface area contributed by atoms with E-state index in [4.69, 9.17) is 4.52 Å². The first-order valence-electron chi connectivity index (χ1n) is 7.16. The van der Waals surface area contributed by atoms with E-state index in [9.17, 15) is 4.79 Å². The SMILES string of the molecule is CCCNC1CCC(NC(=O)c2cc(C)on2)CC1. The molecule has 0 spiro atoms. The van der Waals surface area contributed by atoms with E-state index in [0.717, 1.165) is 32.2 Å². The van der Waals surface area contributed by atoms with E-state index in [-0.39, 0.29) is 11.9 Å². The van der Waals surface area contributed by atoms with Gasteiger partial charge in [-0.2, -0.15) is 0 Å². The Kier molecular flexibility index (Phi) is 4.96. The Morgan fingerprint density at radius 3 is 2.63 bits per heavy atom. The van der Waals surface area contributed by atoms with Gasteiger partial charge in [0.1, 0.15) is 5.76 Å². The van der Waals surface area contributed by atoms with Crippen molar-refractivity contribution < 1.29 is 9.32 Å². The molecule has 1 aromatic heterocycles. The summed E-state index contributed by atoms with van der Waals surface area (Å²) in [5.41, 5.74) is 0.378. The molecule has 106 valence electrons. The van der Waals surface area contributed by atoms with Gasteiger partial charge in [0, 0.05) is 18.2 Å². The zero-order valence-corrected chi connectivity index (χ0v) is 11.7. The lowest BCUT2D eigenvalue weighted by molar-refractivity contribution is 0.0915. The highest BCUT2D eigenvalue weighted by molar-refractivity contribution is 5.92. The molecule has 1 aliphatic carbocycles. The molecule has 5 nitrogen and oxygen atoms in total. The minimum absolute atomic E-state index is 0.123. The molecule has 0 saturated heterocycles. The maximum Gasteiger partial charge on any atom is 0.273 e. The Morgan fingerprint density at radius 2 is 2.05 bits per heavy atom. The number of hydrogen-bond acceptors (Lipinski definition) is 4. The van der Waals surface area contributed by atoms with Crippen molar-refractivity contribution in [2.75, 3.05) is 6.54 Å². The summed E-state index contributed by atoms with van der Waals surface area (Å²) in [5, 5.41) is 10.3. The van der Waals surface area contributed by atoms with Crippen LogP contribution in [0.15, 0.2) is 10.6 Å². The molecule has 1 fully saturated rings. The lowest BCUT2D eigenvalue weighted by Crippen LogP contribution is -2.42. The molecule has 0 unspecified atom stereocenters. The Labute approximate surface area is 114 Å². The van der Waals surface area contributed by atoms with Crippen molar-refractivity contribution in [1.82, 2.24) is 15.8 Å². The van der Waals surface area contributed by atoms with Gasteiger partial charge in [-0.15, -0.1) is 0 Å². The van der Waals surface area contributed by atoms with Crippen LogP contribution in [0.2, 0.25) is 0 Å². The van der Waals surface area contributed by atoms with Crippen LogP contribution < -0.4 is 10.6 Å². The number of aromatic nitrogens is 1. The number of carbonyl (C=O) groups is 1. The standard InChI is InChI=1S/C14H23N3O2/c1-3-8-15-11-4-6-12(7-5-11)16-14(18)13-9-10(2)19-17-13/h9,11-12,15H,3-8H2,1-2H3,(H,16,18). The molecule has 5 heteroatoms. The van der Waals surface area contributed by atoms with Crippen LogP contribution in [0.4, 0.5) is 0 Å². The number of hydrogen-bond donors (Lipinski definition) is 2. The number of nitrogens with zero attached hydrogens (tertiary/aromatic N) is 1. The van der Waals surface area contributed by atoms with Gasteiger partial charge in [0.2, 0.25) is 0 Å². The minimum atomic E-state index is -0.123. The van der Waals surface area contributed by atoms with Gasteiger partial charge < -0.3 is 15.2 Å². The fourth-order valence-electron chi connectivity index (χ4n) is 2.52. The number of aryl methyl sites for hydroxylation is 1. The van der Waals surface area contributed by atoms with E-state index >= 15 is 0 Å². The molecule has 0 radical (unpaired) electrons. The van der Waals surface area contributed by atoms with Crippen molar-refractivity contribution in [3.05, 3.63) is 17.5 Å². The fourth-order valence-corrected chi connectivity index (χ4v) is 2.52. The maximum atomic E-state index is 11.9. The lowest BCUT2D eigenvalue weighted by atomic mass is 9.91. The molecule has 1 aliphatic rings. The van der Waals surface area contributed by atoms with Crippen molar-refractivity contribution in [3.8, 4) is 0 Å². The van der Waals surface area contributed by atoms with Gasteiger partial charge in [-0.05, 0) is 45.6 Å². The summed E-state index contributed by atoms with van der Waals surface area (Å²) >= 11 is 0. The highest BCUT2D eigenvalue weighted by Crippen LogP contribution is 2.19.